The largest absolute Gasteiger partial charge is 0.333 e. The summed E-state index contributed by atoms with van der Waals surface area (Å²) in [6.07, 6.45) is 4.96. The van der Waals surface area contributed by atoms with Crippen LogP contribution < -0.4 is 0 Å². The summed E-state index contributed by atoms with van der Waals surface area (Å²) in [5, 5.41) is 9.77. The van der Waals surface area contributed by atoms with Gasteiger partial charge in [-0.2, -0.15) is 0 Å². The van der Waals surface area contributed by atoms with Crippen LogP contribution in [0.15, 0.2) is 25.2 Å². The minimum Gasteiger partial charge on any atom is -0.333 e. The lowest BCUT2D eigenvalue weighted by Crippen LogP contribution is -2.17. The minimum absolute atomic E-state index is 0. The average Bonchev–Trinajstić information content (AvgIpc) is 2.14. The first kappa shape index (κ1) is 8.77. The SMILES string of the molecule is C=CN1C=CN(O)C1.I. The summed E-state index contributed by atoms with van der Waals surface area (Å²) in [5.74, 6) is 0. The molecule has 0 unspecified atom stereocenters. The van der Waals surface area contributed by atoms with Gasteiger partial charge in [0, 0.05) is 12.4 Å². The average molecular weight is 240 g/mol. The van der Waals surface area contributed by atoms with Crippen LogP contribution in [0.4, 0.5) is 0 Å². The molecule has 0 atom stereocenters. The molecule has 1 rings (SSSR count). The van der Waals surface area contributed by atoms with Crippen LogP contribution in [-0.4, -0.2) is 21.8 Å². The van der Waals surface area contributed by atoms with Gasteiger partial charge in [-0.3, -0.25) is 5.21 Å². The summed E-state index contributed by atoms with van der Waals surface area (Å²) in [7, 11) is 0. The van der Waals surface area contributed by atoms with Crippen LogP contribution in [0.3, 0.4) is 0 Å². The van der Waals surface area contributed by atoms with E-state index in [9.17, 15) is 0 Å². The Balaban J connectivity index is 0.000000640. The maximum atomic E-state index is 8.69. The smallest absolute Gasteiger partial charge is 0.119 e. The molecule has 1 aliphatic heterocycles. The first-order valence-electron chi connectivity index (χ1n) is 2.35. The molecule has 0 spiro atoms. The molecule has 1 heterocycles. The van der Waals surface area contributed by atoms with Crippen molar-refractivity contribution < 1.29 is 5.21 Å². The molecule has 0 fully saturated rings. The number of hydrogen-bond donors (Lipinski definition) is 1. The van der Waals surface area contributed by atoms with Crippen molar-refractivity contribution in [1.29, 1.82) is 0 Å². The molecule has 0 aliphatic carbocycles. The molecule has 0 aromatic rings. The van der Waals surface area contributed by atoms with E-state index in [2.05, 4.69) is 6.58 Å². The zero-order chi connectivity index (χ0) is 5.98. The van der Waals surface area contributed by atoms with Crippen LogP contribution in [0.2, 0.25) is 0 Å². The van der Waals surface area contributed by atoms with E-state index < -0.39 is 0 Å². The molecule has 0 aromatic heterocycles. The van der Waals surface area contributed by atoms with Gasteiger partial charge in [0.05, 0.1) is 0 Å². The highest BCUT2D eigenvalue weighted by Gasteiger charge is 2.03. The minimum atomic E-state index is 0. The lowest BCUT2D eigenvalue weighted by Gasteiger charge is -2.09. The van der Waals surface area contributed by atoms with Gasteiger partial charge in [0.1, 0.15) is 6.67 Å². The number of hydroxylamine groups is 2. The summed E-state index contributed by atoms with van der Waals surface area (Å²) in [4.78, 5) is 1.76. The number of halogens is 1. The maximum absolute atomic E-state index is 8.69. The molecule has 0 amide bonds. The van der Waals surface area contributed by atoms with Crippen molar-refractivity contribution in [1.82, 2.24) is 9.96 Å². The van der Waals surface area contributed by atoms with E-state index in [0.717, 1.165) is 5.06 Å². The van der Waals surface area contributed by atoms with E-state index in [4.69, 9.17) is 5.21 Å². The highest BCUT2D eigenvalue weighted by Crippen LogP contribution is 2.01. The molecule has 0 radical (unpaired) electrons. The van der Waals surface area contributed by atoms with Gasteiger partial charge in [-0.25, -0.2) is 5.06 Å². The standard InChI is InChI=1S/C5H8N2O.HI/c1-2-6-3-4-7(8)5-6;/h2-4,8H,1,5H2;1H. The Labute approximate surface area is 71.2 Å². The third-order valence-corrected chi connectivity index (χ3v) is 0.973. The zero-order valence-corrected chi connectivity index (χ0v) is 7.23. The Kier molecular flexibility index (Phi) is 3.64. The lowest BCUT2D eigenvalue weighted by atomic mass is 10.8. The van der Waals surface area contributed by atoms with Gasteiger partial charge in [-0.15, -0.1) is 24.0 Å². The fourth-order valence-electron chi connectivity index (χ4n) is 0.543. The van der Waals surface area contributed by atoms with Crippen LogP contribution in [0.25, 0.3) is 0 Å². The van der Waals surface area contributed by atoms with Gasteiger partial charge in [-0.05, 0) is 6.20 Å². The third-order valence-electron chi connectivity index (χ3n) is 0.973. The zero-order valence-electron chi connectivity index (χ0n) is 4.90. The van der Waals surface area contributed by atoms with E-state index in [1.54, 1.807) is 23.5 Å². The predicted octanol–water partition coefficient (Wildman–Crippen LogP) is 1.18. The van der Waals surface area contributed by atoms with Crippen LogP contribution in [0.5, 0.6) is 0 Å². The van der Waals surface area contributed by atoms with Crippen molar-refractivity contribution in [3.05, 3.63) is 25.2 Å². The molecule has 0 saturated heterocycles. The van der Waals surface area contributed by atoms with Crippen molar-refractivity contribution in [2.45, 2.75) is 0 Å². The fraction of sp³-hybridized carbons (Fsp3) is 0.200. The fourth-order valence-corrected chi connectivity index (χ4v) is 0.543. The summed E-state index contributed by atoms with van der Waals surface area (Å²) in [6.45, 7) is 4.00. The van der Waals surface area contributed by atoms with Crippen molar-refractivity contribution in [2.75, 3.05) is 6.67 Å². The van der Waals surface area contributed by atoms with Crippen molar-refractivity contribution in [3.63, 3.8) is 0 Å². The topological polar surface area (TPSA) is 26.7 Å². The Bertz CT molecular complexity index is 126. The Morgan fingerprint density at radius 1 is 1.56 bits per heavy atom. The van der Waals surface area contributed by atoms with Gasteiger partial charge in [-0.1, -0.05) is 6.58 Å². The normalized spacial score (nSPS) is 15.7. The molecular weight excluding hydrogens is 231 g/mol. The first-order valence-corrected chi connectivity index (χ1v) is 2.35. The molecule has 0 aromatic carbocycles. The summed E-state index contributed by atoms with van der Waals surface area (Å²) in [6, 6.07) is 0. The molecular formula is C5H9IN2O. The third kappa shape index (κ3) is 2.23. The molecule has 4 heteroatoms. The summed E-state index contributed by atoms with van der Waals surface area (Å²) < 4.78 is 0. The lowest BCUT2D eigenvalue weighted by molar-refractivity contribution is -0.0488. The van der Waals surface area contributed by atoms with E-state index >= 15 is 0 Å². The van der Waals surface area contributed by atoms with Crippen LogP contribution >= 0.6 is 24.0 Å². The van der Waals surface area contributed by atoms with Crippen molar-refractivity contribution >= 4 is 24.0 Å². The predicted molar refractivity (Wildman–Crippen MR) is 45.1 cm³/mol. The second-order valence-electron chi connectivity index (χ2n) is 1.58. The summed E-state index contributed by atoms with van der Waals surface area (Å²) >= 11 is 0. The van der Waals surface area contributed by atoms with E-state index in [1.807, 2.05) is 0 Å². The van der Waals surface area contributed by atoms with Crippen LogP contribution in [0.1, 0.15) is 0 Å². The van der Waals surface area contributed by atoms with Gasteiger partial charge in [0.15, 0.2) is 0 Å². The van der Waals surface area contributed by atoms with Crippen LogP contribution in [0, 0.1) is 0 Å². The molecule has 0 saturated carbocycles. The Morgan fingerprint density at radius 2 is 2.22 bits per heavy atom. The van der Waals surface area contributed by atoms with Crippen molar-refractivity contribution in [3.8, 4) is 0 Å². The van der Waals surface area contributed by atoms with E-state index in [-0.39, 0.29) is 24.0 Å². The highest BCUT2D eigenvalue weighted by molar-refractivity contribution is 14.0. The molecule has 9 heavy (non-hydrogen) atoms. The highest BCUT2D eigenvalue weighted by atomic mass is 127. The van der Waals surface area contributed by atoms with E-state index in [0.29, 0.717) is 6.67 Å². The first-order chi connectivity index (χ1) is 3.83. The van der Waals surface area contributed by atoms with Crippen molar-refractivity contribution in [2.24, 2.45) is 0 Å². The van der Waals surface area contributed by atoms with Gasteiger partial charge in [0.25, 0.3) is 0 Å². The number of rotatable bonds is 1. The molecule has 1 N–H and O–H groups in total. The Hall–Kier alpha value is -0.230. The second kappa shape index (κ2) is 3.73. The molecule has 52 valence electrons. The number of hydrogen-bond acceptors (Lipinski definition) is 3. The van der Waals surface area contributed by atoms with Gasteiger partial charge < -0.3 is 4.90 Å². The monoisotopic (exact) mass is 240 g/mol. The molecule has 1 aliphatic rings. The van der Waals surface area contributed by atoms with Gasteiger partial charge >= 0.3 is 0 Å². The quantitative estimate of drug-likeness (QED) is 0.697. The molecule has 0 bridgehead atoms. The number of nitrogens with zero attached hydrogens (tertiary/aromatic N) is 2. The summed E-state index contributed by atoms with van der Waals surface area (Å²) in [5.41, 5.74) is 0. The van der Waals surface area contributed by atoms with Gasteiger partial charge in [0.2, 0.25) is 0 Å². The maximum Gasteiger partial charge on any atom is 0.119 e. The van der Waals surface area contributed by atoms with Crippen LogP contribution in [-0.2, 0) is 0 Å². The Morgan fingerprint density at radius 3 is 2.44 bits per heavy atom. The second-order valence-corrected chi connectivity index (χ2v) is 1.58. The van der Waals surface area contributed by atoms with E-state index in [1.165, 1.54) is 0 Å². The molecule has 3 nitrogen and oxygen atoms in total.